The van der Waals surface area contributed by atoms with Gasteiger partial charge in [-0.05, 0) is 24.2 Å². The van der Waals surface area contributed by atoms with Crippen LogP contribution >= 0.6 is 11.6 Å². The van der Waals surface area contributed by atoms with E-state index in [-0.39, 0.29) is 29.9 Å². The predicted octanol–water partition coefficient (Wildman–Crippen LogP) is 2.08. The molecular formula is C11H13ClFNO2. The van der Waals surface area contributed by atoms with Crippen molar-refractivity contribution in [3.63, 3.8) is 0 Å². The lowest BCUT2D eigenvalue weighted by Crippen LogP contribution is -2.17. The summed E-state index contributed by atoms with van der Waals surface area (Å²) in [5, 5.41) is 0.0285. The SMILES string of the molecule is COC(=O)CC(CN)c1ccc(F)c(Cl)c1. The molecule has 1 rings (SSSR count). The molecule has 88 valence electrons. The first-order chi connectivity index (χ1) is 7.58. The maximum absolute atomic E-state index is 12.9. The van der Waals surface area contributed by atoms with E-state index in [1.54, 1.807) is 6.07 Å². The molecule has 1 unspecified atom stereocenters. The van der Waals surface area contributed by atoms with Gasteiger partial charge in [0, 0.05) is 5.92 Å². The summed E-state index contributed by atoms with van der Waals surface area (Å²) < 4.78 is 17.5. The molecule has 0 spiro atoms. The Kier molecular flexibility index (Phi) is 4.71. The van der Waals surface area contributed by atoms with Gasteiger partial charge in [-0.15, -0.1) is 0 Å². The molecule has 0 fully saturated rings. The van der Waals surface area contributed by atoms with Crippen molar-refractivity contribution in [3.8, 4) is 0 Å². The van der Waals surface area contributed by atoms with E-state index >= 15 is 0 Å². The topological polar surface area (TPSA) is 52.3 Å². The molecule has 3 nitrogen and oxygen atoms in total. The van der Waals surface area contributed by atoms with Gasteiger partial charge in [0.1, 0.15) is 5.82 Å². The van der Waals surface area contributed by atoms with Crippen LogP contribution in [0.2, 0.25) is 5.02 Å². The fourth-order valence-corrected chi connectivity index (χ4v) is 1.58. The second-order valence-corrected chi connectivity index (χ2v) is 3.79. The fraction of sp³-hybridized carbons (Fsp3) is 0.364. The number of carbonyl (C=O) groups is 1. The van der Waals surface area contributed by atoms with Gasteiger partial charge in [-0.3, -0.25) is 4.79 Å². The summed E-state index contributed by atoms with van der Waals surface area (Å²) in [6, 6.07) is 4.32. The van der Waals surface area contributed by atoms with Crippen LogP contribution < -0.4 is 5.73 Å². The van der Waals surface area contributed by atoms with Crippen LogP contribution in [0, 0.1) is 5.82 Å². The van der Waals surface area contributed by atoms with Crippen LogP contribution in [0.5, 0.6) is 0 Å². The molecule has 0 aromatic heterocycles. The Morgan fingerprint density at radius 3 is 2.81 bits per heavy atom. The van der Waals surface area contributed by atoms with Gasteiger partial charge in [-0.1, -0.05) is 17.7 Å². The van der Waals surface area contributed by atoms with Crippen LogP contribution in [0.4, 0.5) is 4.39 Å². The second kappa shape index (κ2) is 5.82. The Morgan fingerprint density at radius 1 is 1.62 bits per heavy atom. The number of rotatable bonds is 4. The first kappa shape index (κ1) is 12.9. The number of ether oxygens (including phenoxy) is 1. The highest BCUT2D eigenvalue weighted by Crippen LogP contribution is 2.24. The molecule has 0 radical (unpaired) electrons. The van der Waals surface area contributed by atoms with Gasteiger partial charge in [0.2, 0.25) is 0 Å². The summed E-state index contributed by atoms with van der Waals surface area (Å²) in [6.45, 7) is 0.275. The maximum Gasteiger partial charge on any atom is 0.306 e. The van der Waals surface area contributed by atoms with Crippen LogP contribution in [-0.4, -0.2) is 19.6 Å². The van der Waals surface area contributed by atoms with Crippen LogP contribution in [0.3, 0.4) is 0 Å². The average Bonchev–Trinajstić information content (AvgIpc) is 2.29. The minimum Gasteiger partial charge on any atom is -0.469 e. The Morgan fingerprint density at radius 2 is 2.31 bits per heavy atom. The van der Waals surface area contributed by atoms with E-state index in [2.05, 4.69) is 4.74 Å². The molecule has 1 aromatic rings. The zero-order chi connectivity index (χ0) is 12.1. The third-order valence-electron chi connectivity index (χ3n) is 2.34. The van der Waals surface area contributed by atoms with Gasteiger partial charge in [-0.2, -0.15) is 0 Å². The van der Waals surface area contributed by atoms with Crippen molar-refractivity contribution in [1.82, 2.24) is 0 Å². The molecule has 0 aliphatic heterocycles. The molecule has 1 aromatic carbocycles. The Balaban J connectivity index is 2.86. The van der Waals surface area contributed by atoms with E-state index in [0.29, 0.717) is 0 Å². The van der Waals surface area contributed by atoms with E-state index in [1.807, 2.05) is 0 Å². The number of carbonyl (C=O) groups excluding carboxylic acids is 1. The predicted molar refractivity (Wildman–Crippen MR) is 59.8 cm³/mol. The quantitative estimate of drug-likeness (QED) is 0.827. The summed E-state index contributed by atoms with van der Waals surface area (Å²) in [4.78, 5) is 11.1. The second-order valence-electron chi connectivity index (χ2n) is 3.39. The molecule has 0 amide bonds. The lowest BCUT2D eigenvalue weighted by Gasteiger charge is -2.14. The summed E-state index contributed by atoms with van der Waals surface area (Å²) in [7, 11) is 1.31. The summed E-state index contributed by atoms with van der Waals surface area (Å²) in [5.74, 6) is -1.04. The molecule has 0 saturated heterocycles. The van der Waals surface area contributed by atoms with Gasteiger partial charge in [-0.25, -0.2) is 4.39 Å². The number of methoxy groups -OCH3 is 1. The van der Waals surface area contributed by atoms with E-state index in [9.17, 15) is 9.18 Å². The van der Waals surface area contributed by atoms with Gasteiger partial charge < -0.3 is 10.5 Å². The molecule has 2 N–H and O–H groups in total. The van der Waals surface area contributed by atoms with E-state index < -0.39 is 5.82 Å². The van der Waals surface area contributed by atoms with Crippen molar-refractivity contribution >= 4 is 17.6 Å². The minimum atomic E-state index is -0.487. The normalized spacial score (nSPS) is 12.2. The van der Waals surface area contributed by atoms with Gasteiger partial charge in [0.05, 0.1) is 18.6 Å². The number of esters is 1. The molecule has 0 heterocycles. The minimum absolute atomic E-state index is 0.0285. The number of nitrogens with two attached hydrogens (primary N) is 1. The maximum atomic E-state index is 12.9. The highest BCUT2D eigenvalue weighted by Gasteiger charge is 2.16. The third-order valence-corrected chi connectivity index (χ3v) is 2.63. The van der Waals surface area contributed by atoms with Gasteiger partial charge in [0.25, 0.3) is 0 Å². The van der Waals surface area contributed by atoms with Crippen molar-refractivity contribution < 1.29 is 13.9 Å². The lowest BCUT2D eigenvalue weighted by atomic mass is 9.96. The molecule has 1 atom stereocenters. The van der Waals surface area contributed by atoms with E-state index in [1.165, 1.54) is 19.2 Å². The monoisotopic (exact) mass is 245 g/mol. The third kappa shape index (κ3) is 3.18. The van der Waals surface area contributed by atoms with Crippen molar-refractivity contribution in [2.75, 3.05) is 13.7 Å². The van der Waals surface area contributed by atoms with Crippen LogP contribution in [0.1, 0.15) is 17.9 Å². The zero-order valence-corrected chi connectivity index (χ0v) is 9.63. The van der Waals surface area contributed by atoms with E-state index in [0.717, 1.165) is 5.56 Å². The Hall–Kier alpha value is -1.13. The molecule has 16 heavy (non-hydrogen) atoms. The molecule has 0 bridgehead atoms. The largest absolute Gasteiger partial charge is 0.469 e. The molecule has 0 aliphatic rings. The first-order valence-corrected chi connectivity index (χ1v) is 5.18. The van der Waals surface area contributed by atoms with Crippen LogP contribution in [-0.2, 0) is 9.53 Å². The smallest absolute Gasteiger partial charge is 0.306 e. The first-order valence-electron chi connectivity index (χ1n) is 4.80. The number of hydrogen-bond donors (Lipinski definition) is 1. The van der Waals surface area contributed by atoms with Crippen LogP contribution in [0.25, 0.3) is 0 Å². The van der Waals surface area contributed by atoms with Crippen molar-refractivity contribution in [2.24, 2.45) is 5.73 Å². The van der Waals surface area contributed by atoms with Crippen molar-refractivity contribution in [2.45, 2.75) is 12.3 Å². The fourth-order valence-electron chi connectivity index (χ4n) is 1.39. The number of halogens is 2. The van der Waals surface area contributed by atoms with Crippen molar-refractivity contribution in [3.05, 3.63) is 34.6 Å². The lowest BCUT2D eigenvalue weighted by molar-refractivity contribution is -0.141. The summed E-state index contributed by atoms with van der Waals surface area (Å²) in [6.07, 6.45) is 0.162. The highest BCUT2D eigenvalue weighted by molar-refractivity contribution is 6.30. The molecular weight excluding hydrogens is 233 g/mol. The zero-order valence-electron chi connectivity index (χ0n) is 8.87. The highest BCUT2D eigenvalue weighted by atomic mass is 35.5. The van der Waals surface area contributed by atoms with Gasteiger partial charge in [0.15, 0.2) is 0 Å². The van der Waals surface area contributed by atoms with Crippen molar-refractivity contribution in [1.29, 1.82) is 0 Å². The molecule has 0 saturated carbocycles. The molecule has 0 aliphatic carbocycles. The van der Waals surface area contributed by atoms with Crippen LogP contribution in [0.15, 0.2) is 18.2 Å². The van der Waals surface area contributed by atoms with E-state index in [4.69, 9.17) is 17.3 Å². The Labute approximate surface area is 98.3 Å². The standard InChI is InChI=1S/C11H13ClFNO2/c1-16-11(15)5-8(6-14)7-2-3-10(13)9(12)4-7/h2-4,8H,5-6,14H2,1H3. The summed E-state index contributed by atoms with van der Waals surface area (Å²) in [5.41, 5.74) is 6.29. The van der Waals surface area contributed by atoms with Gasteiger partial charge >= 0.3 is 5.97 Å². The average molecular weight is 246 g/mol. The number of hydrogen-bond acceptors (Lipinski definition) is 3. The number of benzene rings is 1. The summed E-state index contributed by atoms with van der Waals surface area (Å²) >= 11 is 5.65. The Bertz CT molecular complexity index is 384. The molecule has 5 heteroatoms.